The standard InChI is InChI=1S/C13H14N2O2/c1-15-12(14)7-10(8-13(15)16)9-4-3-5-11(6-9)17-2/h3-8H,14H2,1-2H3. The van der Waals surface area contributed by atoms with Crippen LogP contribution in [-0.2, 0) is 7.05 Å². The summed E-state index contributed by atoms with van der Waals surface area (Å²) in [6.45, 7) is 0. The molecule has 0 spiro atoms. The Labute approximate surface area is 99.3 Å². The van der Waals surface area contributed by atoms with Crippen LogP contribution in [0.25, 0.3) is 11.1 Å². The highest BCUT2D eigenvalue weighted by Gasteiger charge is 2.04. The quantitative estimate of drug-likeness (QED) is 0.853. The van der Waals surface area contributed by atoms with Crippen LogP contribution < -0.4 is 16.0 Å². The number of ether oxygens (including phenoxy) is 1. The van der Waals surface area contributed by atoms with Gasteiger partial charge in [0.1, 0.15) is 11.6 Å². The van der Waals surface area contributed by atoms with Crippen LogP contribution in [0.2, 0.25) is 0 Å². The van der Waals surface area contributed by atoms with E-state index in [4.69, 9.17) is 10.5 Å². The molecule has 88 valence electrons. The van der Waals surface area contributed by atoms with E-state index in [0.717, 1.165) is 16.9 Å². The third-order valence-corrected chi connectivity index (χ3v) is 2.70. The Kier molecular flexibility index (Phi) is 2.87. The maximum Gasteiger partial charge on any atom is 0.252 e. The number of nitrogen functional groups attached to an aromatic ring is 1. The minimum atomic E-state index is -0.122. The molecule has 0 aliphatic rings. The fourth-order valence-corrected chi connectivity index (χ4v) is 1.62. The van der Waals surface area contributed by atoms with E-state index >= 15 is 0 Å². The van der Waals surface area contributed by atoms with Crippen LogP contribution in [0.4, 0.5) is 5.82 Å². The van der Waals surface area contributed by atoms with E-state index < -0.39 is 0 Å². The predicted molar refractivity (Wildman–Crippen MR) is 68.1 cm³/mol. The minimum Gasteiger partial charge on any atom is -0.497 e. The number of aromatic nitrogens is 1. The SMILES string of the molecule is COc1cccc(-c2cc(N)n(C)c(=O)c2)c1. The fourth-order valence-electron chi connectivity index (χ4n) is 1.62. The zero-order valence-corrected chi connectivity index (χ0v) is 9.81. The maximum absolute atomic E-state index is 11.6. The van der Waals surface area contributed by atoms with E-state index in [9.17, 15) is 4.79 Å². The van der Waals surface area contributed by atoms with Gasteiger partial charge in [0.2, 0.25) is 0 Å². The van der Waals surface area contributed by atoms with E-state index in [1.165, 1.54) is 4.57 Å². The molecule has 17 heavy (non-hydrogen) atoms. The van der Waals surface area contributed by atoms with Crippen molar-refractivity contribution in [1.82, 2.24) is 4.57 Å². The number of methoxy groups -OCH3 is 1. The molecule has 1 heterocycles. The molecule has 0 bridgehead atoms. The minimum absolute atomic E-state index is 0.122. The van der Waals surface area contributed by atoms with E-state index in [1.54, 1.807) is 26.3 Å². The van der Waals surface area contributed by atoms with Gasteiger partial charge in [0, 0.05) is 13.1 Å². The number of pyridine rings is 1. The number of benzene rings is 1. The highest BCUT2D eigenvalue weighted by atomic mass is 16.5. The largest absolute Gasteiger partial charge is 0.497 e. The number of rotatable bonds is 2. The molecule has 0 fully saturated rings. The van der Waals surface area contributed by atoms with Gasteiger partial charge in [0.25, 0.3) is 5.56 Å². The van der Waals surface area contributed by atoms with E-state index in [2.05, 4.69) is 0 Å². The van der Waals surface area contributed by atoms with Crippen molar-refractivity contribution in [3.05, 3.63) is 46.8 Å². The van der Waals surface area contributed by atoms with Gasteiger partial charge in [-0.15, -0.1) is 0 Å². The number of anilines is 1. The highest BCUT2D eigenvalue weighted by Crippen LogP contribution is 2.23. The molecule has 0 saturated heterocycles. The zero-order valence-electron chi connectivity index (χ0n) is 9.81. The van der Waals surface area contributed by atoms with E-state index in [0.29, 0.717) is 5.82 Å². The number of nitrogens with zero attached hydrogens (tertiary/aromatic N) is 1. The van der Waals surface area contributed by atoms with Gasteiger partial charge in [-0.25, -0.2) is 0 Å². The molecule has 0 saturated carbocycles. The van der Waals surface area contributed by atoms with E-state index in [-0.39, 0.29) is 5.56 Å². The first kappa shape index (κ1) is 11.3. The second kappa shape index (κ2) is 4.33. The molecule has 0 amide bonds. The van der Waals surface area contributed by atoms with Crippen LogP contribution in [0.1, 0.15) is 0 Å². The molecule has 0 unspecified atom stereocenters. The van der Waals surface area contributed by atoms with Crippen LogP contribution in [0, 0.1) is 0 Å². The summed E-state index contributed by atoms with van der Waals surface area (Å²) >= 11 is 0. The van der Waals surface area contributed by atoms with Gasteiger partial charge in [-0.3, -0.25) is 9.36 Å². The van der Waals surface area contributed by atoms with Crippen molar-refractivity contribution in [2.24, 2.45) is 7.05 Å². The van der Waals surface area contributed by atoms with Crippen molar-refractivity contribution in [3.8, 4) is 16.9 Å². The summed E-state index contributed by atoms with van der Waals surface area (Å²) in [4.78, 5) is 11.6. The van der Waals surface area contributed by atoms with Gasteiger partial charge in [-0.2, -0.15) is 0 Å². The smallest absolute Gasteiger partial charge is 0.252 e. The van der Waals surface area contributed by atoms with Gasteiger partial charge in [0.15, 0.2) is 0 Å². The van der Waals surface area contributed by atoms with Crippen molar-refractivity contribution < 1.29 is 4.74 Å². The molecular weight excluding hydrogens is 216 g/mol. The third-order valence-electron chi connectivity index (χ3n) is 2.70. The van der Waals surface area contributed by atoms with Gasteiger partial charge in [-0.1, -0.05) is 12.1 Å². The van der Waals surface area contributed by atoms with Crippen LogP contribution in [0.3, 0.4) is 0 Å². The Bertz CT molecular complexity index is 603. The highest BCUT2D eigenvalue weighted by molar-refractivity contribution is 5.67. The summed E-state index contributed by atoms with van der Waals surface area (Å²) in [7, 11) is 3.25. The van der Waals surface area contributed by atoms with Crippen LogP contribution in [0.5, 0.6) is 5.75 Å². The van der Waals surface area contributed by atoms with Crippen LogP contribution in [0.15, 0.2) is 41.2 Å². The molecule has 4 nitrogen and oxygen atoms in total. The molecule has 1 aromatic carbocycles. The number of nitrogens with two attached hydrogens (primary N) is 1. The first-order valence-electron chi connectivity index (χ1n) is 5.23. The van der Waals surface area contributed by atoms with E-state index in [1.807, 2.05) is 24.3 Å². The maximum atomic E-state index is 11.6. The van der Waals surface area contributed by atoms with Crippen molar-refractivity contribution in [3.63, 3.8) is 0 Å². The summed E-state index contributed by atoms with van der Waals surface area (Å²) in [5, 5.41) is 0. The Balaban J connectivity index is 2.56. The first-order valence-corrected chi connectivity index (χ1v) is 5.23. The average molecular weight is 230 g/mol. The summed E-state index contributed by atoms with van der Waals surface area (Å²) < 4.78 is 6.55. The Hall–Kier alpha value is -2.23. The first-order chi connectivity index (χ1) is 8.11. The fraction of sp³-hybridized carbons (Fsp3) is 0.154. The molecule has 0 aliphatic carbocycles. The molecule has 2 aromatic rings. The lowest BCUT2D eigenvalue weighted by Gasteiger charge is -2.07. The lowest BCUT2D eigenvalue weighted by Crippen LogP contribution is -2.18. The molecule has 0 atom stereocenters. The second-order valence-corrected chi connectivity index (χ2v) is 3.80. The number of hydrogen-bond acceptors (Lipinski definition) is 3. The van der Waals surface area contributed by atoms with Crippen LogP contribution >= 0.6 is 0 Å². The summed E-state index contributed by atoms with van der Waals surface area (Å²) in [5.41, 5.74) is 7.35. The van der Waals surface area contributed by atoms with Crippen molar-refractivity contribution in [2.45, 2.75) is 0 Å². The Morgan fingerprint density at radius 3 is 2.59 bits per heavy atom. The second-order valence-electron chi connectivity index (χ2n) is 3.80. The van der Waals surface area contributed by atoms with Crippen molar-refractivity contribution in [1.29, 1.82) is 0 Å². The Morgan fingerprint density at radius 1 is 1.18 bits per heavy atom. The van der Waals surface area contributed by atoms with Crippen LogP contribution in [-0.4, -0.2) is 11.7 Å². The molecule has 2 N–H and O–H groups in total. The lowest BCUT2D eigenvalue weighted by molar-refractivity contribution is 0.415. The monoisotopic (exact) mass is 230 g/mol. The normalized spacial score (nSPS) is 10.2. The van der Waals surface area contributed by atoms with Gasteiger partial charge >= 0.3 is 0 Å². The summed E-state index contributed by atoms with van der Waals surface area (Å²) in [6.07, 6.45) is 0. The Morgan fingerprint density at radius 2 is 1.94 bits per heavy atom. The van der Waals surface area contributed by atoms with Crippen molar-refractivity contribution >= 4 is 5.82 Å². The zero-order chi connectivity index (χ0) is 12.4. The molecular formula is C13H14N2O2. The lowest BCUT2D eigenvalue weighted by atomic mass is 10.1. The molecule has 1 aromatic heterocycles. The predicted octanol–water partition coefficient (Wildman–Crippen LogP) is 1.64. The molecule has 4 heteroatoms. The van der Waals surface area contributed by atoms with Gasteiger partial charge in [-0.05, 0) is 29.3 Å². The van der Waals surface area contributed by atoms with Crippen molar-refractivity contribution in [2.75, 3.05) is 12.8 Å². The number of hydrogen-bond donors (Lipinski definition) is 1. The molecule has 0 radical (unpaired) electrons. The molecule has 2 rings (SSSR count). The third kappa shape index (κ3) is 2.15. The van der Waals surface area contributed by atoms with Gasteiger partial charge < -0.3 is 10.5 Å². The summed E-state index contributed by atoms with van der Waals surface area (Å²) in [6, 6.07) is 10.8. The topological polar surface area (TPSA) is 57.2 Å². The summed E-state index contributed by atoms with van der Waals surface area (Å²) in [5.74, 6) is 1.19. The average Bonchev–Trinajstić information content (AvgIpc) is 2.35. The van der Waals surface area contributed by atoms with Gasteiger partial charge in [0.05, 0.1) is 7.11 Å². The molecule has 0 aliphatic heterocycles.